The van der Waals surface area contributed by atoms with E-state index in [2.05, 4.69) is 22.6 Å². The molecule has 2 fully saturated rings. The van der Waals surface area contributed by atoms with Crippen LogP contribution in [0.25, 0.3) is 11.0 Å². The molecule has 2 atom stereocenters. The minimum Gasteiger partial charge on any atom is -0.388 e. The lowest BCUT2D eigenvalue weighted by Crippen LogP contribution is -2.48. The van der Waals surface area contributed by atoms with Crippen LogP contribution >= 0.6 is 0 Å². The summed E-state index contributed by atoms with van der Waals surface area (Å²) in [4.78, 5) is 7.22. The van der Waals surface area contributed by atoms with E-state index in [9.17, 15) is 5.11 Å². The first-order valence-corrected chi connectivity index (χ1v) is 8.04. The SMILES string of the molecule is Cn1c(CC2(O)CCN3CCCCC32)nc2ccccc21. The van der Waals surface area contributed by atoms with Crippen molar-refractivity contribution in [1.82, 2.24) is 14.5 Å². The van der Waals surface area contributed by atoms with E-state index in [0.717, 1.165) is 42.8 Å². The average Bonchev–Trinajstić information content (AvgIpc) is 3.00. The van der Waals surface area contributed by atoms with Crippen LogP contribution in [0, 0.1) is 0 Å². The summed E-state index contributed by atoms with van der Waals surface area (Å²) in [7, 11) is 2.06. The van der Waals surface area contributed by atoms with Gasteiger partial charge in [-0.15, -0.1) is 0 Å². The Kier molecular flexibility index (Phi) is 3.05. The molecular weight excluding hydrogens is 262 g/mol. The Balaban J connectivity index is 1.66. The zero-order chi connectivity index (χ0) is 14.4. The Morgan fingerprint density at radius 3 is 3.00 bits per heavy atom. The maximum atomic E-state index is 11.2. The van der Waals surface area contributed by atoms with Crippen LogP contribution in [0.2, 0.25) is 0 Å². The highest BCUT2D eigenvalue weighted by atomic mass is 16.3. The van der Waals surface area contributed by atoms with Gasteiger partial charge in [-0.1, -0.05) is 18.6 Å². The summed E-state index contributed by atoms with van der Waals surface area (Å²) in [6.45, 7) is 2.18. The first-order chi connectivity index (χ1) is 10.2. The monoisotopic (exact) mass is 285 g/mol. The highest BCUT2D eigenvalue weighted by Crippen LogP contribution is 2.37. The molecule has 3 heterocycles. The number of aliphatic hydroxyl groups is 1. The predicted molar refractivity (Wildman–Crippen MR) is 83.2 cm³/mol. The Labute approximate surface area is 125 Å². The number of nitrogens with zero attached hydrogens (tertiary/aromatic N) is 3. The van der Waals surface area contributed by atoms with Crippen molar-refractivity contribution in [2.24, 2.45) is 7.05 Å². The predicted octanol–water partition coefficient (Wildman–Crippen LogP) is 2.11. The summed E-state index contributed by atoms with van der Waals surface area (Å²) in [5.41, 5.74) is 1.57. The number of hydrogen-bond acceptors (Lipinski definition) is 3. The fourth-order valence-electron chi connectivity index (χ4n) is 4.20. The number of rotatable bonds is 2. The quantitative estimate of drug-likeness (QED) is 0.919. The molecule has 21 heavy (non-hydrogen) atoms. The smallest absolute Gasteiger partial charge is 0.112 e. The molecule has 4 heteroatoms. The lowest BCUT2D eigenvalue weighted by Gasteiger charge is -2.37. The van der Waals surface area contributed by atoms with Crippen molar-refractivity contribution >= 4 is 11.0 Å². The van der Waals surface area contributed by atoms with E-state index in [1.54, 1.807) is 0 Å². The van der Waals surface area contributed by atoms with Gasteiger partial charge in [-0.3, -0.25) is 4.90 Å². The van der Waals surface area contributed by atoms with Crippen molar-refractivity contribution in [3.05, 3.63) is 30.1 Å². The van der Waals surface area contributed by atoms with Crippen LogP contribution in [0.15, 0.2) is 24.3 Å². The van der Waals surface area contributed by atoms with E-state index >= 15 is 0 Å². The van der Waals surface area contributed by atoms with Crippen molar-refractivity contribution in [3.63, 3.8) is 0 Å². The second-order valence-electron chi connectivity index (χ2n) is 6.65. The largest absolute Gasteiger partial charge is 0.388 e. The third kappa shape index (κ3) is 2.09. The van der Waals surface area contributed by atoms with Crippen LogP contribution in [0.3, 0.4) is 0 Å². The number of para-hydroxylation sites is 2. The zero-order valence-electron chi connectivity index (χ0n) is 12.6. The maximum absolute atomic E-state index is 11.2. The van der Waals surface area contributed by atoms with Crippen molar-refractivity contribution < 1.29 is 5.11 Å². The summed E-state index contributed by atoms with van der Waals surface area (Å²) in [5, 5.41) is 11.2. The Morgan fingerprint density at radius 2 is 2.14 bits per heavy atom. The van der Waals surface area contributed by atoms with E-state index in [0.29, 0.717) is 12.5 Å². The molecule has 0 saturated carbocycles. The summed E-state index contributed by atoms with van der Waals surface area (Å²) in [5.74, 6) is 1.01. The van der Waals surface area contributed by atoms with Gasteiger partial charge in [-0.2, -0.15) is 0 Å². The maximum Gasteiger partial charge on any atom is 0.112 e. The lowest BCUT2D eigenvalue weighted by molar-refractivity contribution is -0.0107. The number of piperidine rings is 1. The molecule has 0 amide bonds. The van der Waals surface area contributed by atoms with Crippen molar-refractivity contribution in [2.45, 2.75) is 43.7 Å². The van der Waals surface area contributed by atoms with E-state index in [1.165, 1.54) is 12.8 Å². The molecule has 4 nitrogen and oxygen atoms in total. The molecule has 1 N–H and O–H groups in total. The van der Waals surface area contributed by atoms with Gasteiger partial charge in [0, 0.05) is 26.1 Å². The molecule has 0 radical (unpaired) electrons. The highest BCUT2D eigenvalue weighted by Gasteiger charge is 2.47. The van der Waals surface area contributed by atoms with E-state index in [-0.39, 0.29) is 0 Å². The van der Waals surface area contributed by atoms with Crippen molar-refractivity contribution in [3.8, 4) is 0 Å². The number of aromatic nitrogens is 2. The number of imidazole rings is 1. The molecule has 2 aliphatic rings. The van der Waals surface area contributed by atoms with E-state index in [1.807, 2.05) is 18.2 Å². The van der Waals surface area contributed by atoms with Crippen molar-refractivity contribution in [2.75, 3.05) is 13.1 Å². The van der Waals surface area contributed by atoms with Crippen LogP contribution in [0.4, 0.5) is 0 Å². The fraction of sp³-hybridized carbons (Fsp3) is 0.588. The highest BCUT2D eigenvalue weighted by molar-refractivity contribution is 5.75. The molecule has 2 unspecified atom stereocenters. The molecule has 1 aromatic heterocycles. The Bertz CT molecular complexity index is 665. The topological polar surface area (TPSA) is 41.3 Å². The van der Waals surface area contributed by atoms with Gasteiger partial charge >= 0.3 is 0 Å². The molecule has 2 saturated heterocycles. The zero-order valence-corrected chi connectivity index (χ0v) is 12.6. The van der Waals surface area contributed by atoms with E-state index in [4.69, 9.17) is 4.98 Å². The first kappa shape index (κ1) is 13.3. The summed E-state index contributed by atoms with van der Waals surface area (Å²) in [6, 6.07) is 8.53. The lowest BCUT2D eigenvalue weighted by atomic mass is 9.86. The minimum atomic E-state index is -0.602. The van der Waals surface area contributed by atoms with Crippen LogP contribution in [-0.4, -0.2) is 44.3 Å². The third-order valence-electron chi connectivity index (χ3n) is 5.41. The summed E-state index contributed by atoms with van der Waals surface area (Å²) >= 11 is 0. The molecule has 1 aromatic carbocycles. The molecule has 0 bridgehead atoms. The van der Waals surface area contributed by atoms with Gasteiger partial charge in [-0.05, 0) is 37.9 Å². The van der Waals surface area contributed by atoms with Gasteiger partial charge in [0.2, 0.25) is 0 Å². The van der Waals surface area contributed by atoms with E-state index < -0.39 is 5.60 Å². The Hall–Kier alpha value is -1.39. The minimum absolute atomic E-state index is 0.325. The molecular formula is C17H23N3O. The molecule has 0 aliphatic carbocycles. The third-order valence-corrected chi connectivity index (χ3v) is 5.41. The van der Waals surface area contributed by atoms with Crippen molar-refractivity contribution in [1.29, 1.82) is 0 Å². The normalized spacial score (nSPS) is 29.9. The van der Waals surface area contributed by atoms with Crippen LogP contribution in [0.1, 0.15) is 31.5 Å². The summed E-state index contributed by atoms with van der Waals surface area (Å²) < 4.78 is 2.14. The Morgan fingerprint density at radius 1 is 1.29 bits per heavy atom. The van der Waals surface area contributed by atoms with Gasteiger partial charge in [0.1, 0.15) is 5.82 Å². The molecule has 2 aromatic rings. The van der Waals surface area contributed by atoms with Crippen LogP contribution < -0.4 is 0 Å². The molecule has 112 valence electrons. The molecule has 0 spiro atoms. The second-order valence-corrected chi connectivity index (χ2v) is 6.65. The van der Waals surface area contributed by atoms with Gasteiger partial charge in [-0.25, -0.2) is 4.98 Å². The van der Waals surface area contributed by atoms with Crippen LogP contribution in [0.5, 0.6) is 0 Å². The summed E-state index contributed by atoms with van der Waals surface area (Å²) in [6.07, 6.45) is 5.19. The second kappa shape index (κ2) is 4.82. The fourth-order valence-corrected chi connectivity index (χ4v) is 4.20. The van der Waals surface area contributed by atoms with Gasteiger partial charge in [0.25, 0.3) is 0 Å². The van der Waals surface area contributed by atoms with Gasteiger partial charge in [0.05, 0.1) is 16.6 Å². The number of fused-ring (bicyclic) bond motifs is 2. The number of aryl methyl sites for hydroxylation is 1. The average molecular weight is 285 g/mol. The van der Waals surface area contributed by atoms with Crippen LogP contribution in [-0.2, 0) is 13.5 Å². The standard InChI is InChI=1S/C17H23N3O/c1-19-14-7-3-2-6-13(14)18-16(19)12-17(21)9-11-20-10-5-4-8-15(17)20/h2-3,6-7,15,21H,4-5,8-12H2,1H3. The van der Waals surface area contributed by atoms with Gasteiger partial charge < -0.3 is 9.67 Å². The number of hydrogen-bond donors (Lipinski definition) is 1. The number of benzene rings is 1. The first-order valence-electron chi connectivity index (χ1n) is 8.04. The molecule has 2 aliphatic heterocycles. The van der Waals surface area contributed by atoms with Gasteiger partial charge in [0.15, 0.2) is 0 Å². The molecule has 4 rings (SSSR count).